The molecule has 0 bridgehead atoms. The Bertz CT molecular complexity index is 885. The Kier molecular flexibility index (Phi) is 6.89. The first-order valence-electron chi connectivity index (χ1n) is 7.95. The number of fused-ring (bicyclic) bond motifs is 1. The van der Waals surface area contributed by atoms with E-state index in [9.17, 15) is 5.11 Å². The van der Waals surface area contributed by atoms with Crippen molar-refractivity contribution in [3.05, 3.63) is 97.1 Å². The SMILES string of the molecule is Oc1ccc2ccccc2c1O.Oc1ccccc1.Oc1ccccc1. The summed E-state index contributed by atoms with van der Waals surface area (Å²) in [5.74, 6) is 0.520. The molecular weight excluding hydrogens is 328 g/mol. The van der Waals surface area contributed by atoms with Gasteiger partial charge in [0, 0.05) is 5.39 Å². The van der Waals surface area contributed by atoms with Gasteiger partial charge in [-0.25, -0.2) is 0 Å². The standard InChI is InChI=1S/C10H8O2.2C6H6O/c11-9-6-5-7-3-1-2-4-8(7)10(9)12;2*7-6-4-2-1-3-5-6/h1-6,11-12H;2*1-5,7H. The van der Waals surface area contributed by atoms with E-state index in [1.807, 2.05) is 30.3 Å². The summed E-state index contributed by atoms with van der Waals surface area (Å²) >= 11 is 0. The van der Waals surface area contributed by atoms with Crippen molar-refractivity contribution in [2.45, 2.75) is 0 Å². The number of phenolic OH excluding ortho intramolecular Hbond substituents is 4. The molecular formula is C22H20O4. The molecule has 0 aliphatic rings. The van der Waals surface area contributed by atoms with Crippen molar-refractivity contribution < 1.29 is 20.4 Å². The molecule has 4 aromatic rings. The van der Waals surface area contributed by atoms with Crippen molar-refractivity contribution >= 4 is 10.8 Å². The number of hydrogen-bond donors (Lipinski definition) is 4. The van der Waals surface area contributed by atoms with Crippen molar-refractivity contribution in [1.82, 2.24) is 0 Å². The second-order valence-corrected chi connectivity index (χ2v) is 5.33. The van der Waals surface area contributed by atoms with Gasteiger partial charge in [0.05, 0.1) is 0 Å². The van der Waals surface area contributed by atoms with Crippen LogP contribution in [0.4, 0.5) is 0 Å². The third-order valence-corrected chi connectivity index (χ3v) is 3.39. The highest BCUT2D eigenvalue weighted by Gasteiger charge is 2.02. The van der Waals surface area contributed by atoms with Gasteiger partial charge in [0.1, 0.15) is 11.5 Å². The third kappa shape index (κ3) is 5.76. The molecule has 0 heterocycles. The fraction of sp³-hybridized carbons (Fsp3) is 0. The molecule has 0 fully saturated rings. The molecule has 0 atom stereocenters. The van der Waals surface area contributed by atoms with E-state index in [2.05, 4.69) is 0 Å². The lowest BCUT2D eigenvalue weighted by Gasteiger charge is -2.01. The lowest BCUT2D eigenvalue weighted by Crippen LogP contribution is -1.73. The Balaban J connectivity index is 0.000000150. The van der Waals surface area contributed by atoms with Crippen LogP contribution in [0.5, 0.6) is 23.0 Å². The van der Waals surface area contributed by atoms with Crippen LogP contribution in [0.2, 0.25) is 0 Å². The van der Waals surface area contributed by atoms with Crippen molar-refractivity contribution in [1.29, 1.82) is 0 Å². The van der Waals surface area contributed by atoms with E-state index in [-0.39, 0.29) is 11.5 Å². The summed E-state index contributed by atoms with van der Waals surface area (Å²) in [6, 6.07) is 28.0. The van der Waals surface area contributed by atoms with Crippen LogP contribution < -0.4 is 0 Å². The quantitative estimate of drug-likeness (QED) is 0.336. The Hall–Kier alpha value is -3.66. The van der Waals surface area contributed by atoms with E-state index in [0.29, 0.717) is 16.9 Å². The minimum absolute atomic E-state index is 0.0481. The molecule has 0 aliphatic carbocycles. The maximum atomic E-state index is 9.41. The summed E-state index contributed by atoms with van der Waals surface area (Å²) in [5.41, 5.74) is 0. The van der Waals surface area contributed by atoms with Gasteiger partial charge in [-0.2, -0.15) is 0 Å². The highest BCUT2D eigenvalue weighted by molar-refractivity contribution is 5.90. The molecule has 0 saturated heterocycles. The zero-order valence-electron chi connectivity index (χ0n) is 14.0. The smallest absolute Gasteiger partial charge is 0.165 e. The Morgan fingerprint density at radius 1 is 0.423 bits per heavy atom. The largest absolute Gasteiger partial charge is 0.508 e. The molecule has 0 saturated carbocycles. The van der Waals surface area contributed by atoms with Crippen molar-refractivity contribution in [2.24, 2.45) is 0 Å². The van der Waals surface area contributed by atoms with Crippen LogP contribution >= 0.6 is 0 Å². The van der Waals surface area contributed by atoms with Crippen LogP contribution in [0.25, 0.3) is 10.8 Å². The second kappa shape index (κ2) is 9.59. The average molecular weight is 348 g/mol. The van der Waals surface area contributed by atoms with Crippen LogP contribution in [-0.2, 0) is 0 Å². The van der Waals surface area contributed by atoms with Gasteiger partial charge in [-0.15, -0.1) is 0 Å². The van der Waals surface area contributed by atoms with E-state index in [4.69, 9.17) is 15.3 Å². The topological polar surface area (TPSA) is 80.9 Å². The summed E-state index contributed by atoms with van der Waals surface area (Å²) in [6.07, 6.45) is 0. The molecule has 132 valence electrons. The van der Waals surface area contributed by atoms with Gasteiger partial charge in [-0.1, -0.05) is 66.7 Å². The maximum Gasteiger partial charge on any atom is 0.165 e. The molecule has 0 aliphatic heterocycles. The predicted octanol–water partition coefficient (Wildman–Crippen LogP) is 5.04. The third-order valence-electron chi connectivity index (χ3n) is 3.39. The Labute approximate surface area is 151 Å². The zero-order valence-corrected chi connectivity index (χ0v) is 14.0. The van der Waals surface area contributed by atoms with Gasteiger partial charge in [0.15, 0.2) is 11.5 Å². The highest BCUT2D eigenvalue weighted by Crippen LogP contribution is 2.32. The van der Waals surface area contributed by atoms with Crippen LogP contribution in [0.15, 0.2) is 97.1 Å². The van der Waals surface area contributed by atoms with E-state index >= 15 is 0 Å². The predicted molar refractivity (Wildman–Crippen MR) is 103 cm³/mol. The van der Waals surface area contributed by atoms with Gasteiger partial charge in [-0.05, 0) is 35.7 Å². The Morgan fingerprint density at radius 2 is 0.885 bits per heavy atom. The van der Waals surface area contributed by atoms with Gasteiger partial charge in [0.25, 0.3) is 0 Å². The summed E-state index contributed by atoms with van der Waals surface area (Å²) < 4.78 is 0. The van der Waals surface area contributed by atoms with Crippen LogP contribution in [0.1, 0.15) is 0 Å². The van der Waals surface area contributed by atoms with Crippen molar-refractivity contribution in [2.75, 3.05) is 0 Å². The molecule has 0 amide bonds. The first kappa shape index (κ1) is 18.7. The molecule has 0 spiro atoms. The molecule has 4 N–H and O–H groups in total. The van der Waals surface area contributed by atoms with Gasteiger partial charge in [-0.3, -0.25) is 0 Å². The second-order valence-electron chi connectivity index (χ2n) is 5.33. The van der Waals surface area contributed by atoms with Crippen molar-refractivity contribution in [3.63, 3.8) is 0 Å². The summed E-state index contributed by atoms with van der Waals surface area (Å²) in [4.78, 5) is 0. The molecule has 0 unspecified atom stereocenters. The summed E-state index contributed by atoms with van der Waals surface area (Å²) in [6.45, 7) is 0. The minimum Gasteiger partial charge on any atom is -0.508 e. The molecule has 4 aromatic carbocycles. The number of aromatic hydroxyl groups is 4. The summed E-state index contributed by atoms with van der Waals surface area (Å²) in [7, 11) is 0. The number of para-hydroxylation sites is 2. The first-order chi connectivity index (χ1) is 12.6. The van der Waals surface area contributed by atoms with E-state index in [1.54, 1.807) is 60.7 Å². The number of rotatable bonds is 0. The fourth-order valence-corrected chi connectivity index (χ4v) is 2.10. The maximum absolute atomic E-state index is 9.41. The average Bonchev–Trinajstić information content (AvgIpc) is 2.67. The molecule has 4 nitrogen and oxygen atoms in total. The molecule has 26 heavy (non-hydrogen) atoms. The number of benzene rings is 4. The van der Waals surface area contributed by atoms with Gasteiger partial charge >= 0.3 is 0 Å². The molecule has 4 heteroatoms. The van der Waals surface area contributed by atoms with Gasteiger partial charge < -0.3 is 20.4 Å². The van der Waals surface area contributed by atoms with E-state index in [1.165, 1.54) is 6.07 Å². The lowest BCUT2D eigenvalue weighted by molar-refractivity contribution is 0.408. The number of phenols is 4. The van der Waals surface area contributed by atoms with Crippen LogP contribution in [0, 0.1) is 0 Å². The Morgan fingerprint density at radius 3 is 1.35 bits per heavy atom. The number of hydrogen-bond acceptors (Lipinski definition) is 4. The lowest BCUT2D eigenvalue weighted by atomic mass is 10.1. The first-order valence-corrected chi connectivity index (χ1v) is 7.95. The summed E-state index contributed by atoms with van der Waals surface area (Å²) in [5, 5.41) is 37.4. The van der Waals surface area contributed by atoms with Crippen LogP contribution in [0.3, 0.4) is 0 Å². The highest BCUT2D eigenvalue weighted by atomic mass is 16.3. The molecule has 4 rings (SSSR count). The van der Waals surface area contributed by atoms with E-state index < -0.39 is 0 Å². The molecule has 0 radical (unpaired) electrons. The molecule has 0 aromatic heterocycles. The van der Waals surface area contributed by atoms with E-state index in [0.717, 1.165) is 5.39 Å². The van der Waals surface area contributed by atoms with Gasteiger partial charge in [0.2, 0.25) is 0 Å². The minimum atomic E-state index is -0.0753. The normalized spacial score (nSPS) is 9.38. The monoisotopic (exact) mass is 348 g/mol. The fourth-order valence-electron chi connectivity index (χ4n) is 2.10. The van der Waals surface area contributed by atoms with Crippen molar-refractivity contribution in [3.8, 4) is 23.0 Å². The van der Waals surface area contributed by atoms with Crippen LogP contribution in [-0.4, -0.2) is 20.4 Å². The zero-order chi connectivity index (χ0) is 18.8.